The number of rotatable bonds is 7. The number of benzene rings is 3. The standard InChI is InChI=1S/C24H21N3O4S2/c1-27(19-6-4-3-5-7-19)33(29,30)21-14-10-18(11-15-21)23(28)26-24-25-22(16-32-24)17-8-12-20(31-2)13-9-17/h3-16H,1-2H3,(H,25,26,28). The zero-order chi connectivity index (χ0) is 23.4. The Labute approximate surface area is 196 Å². The van der Waals surface area contributed by atoms with Crippen LogP contribution >= 0.6 is 11.3 Å². The van der Waals surface area contributed by atoms with Gasteiger partial charge in [0, 0.05) is 23.6 Å². The zero-order valence-electron chi connectivity index (χ0n) is 17.9. The number of nitrogens with one attached hydrogen (secondary N) is 1. The molecule has 1 aromatic heterocycles. The molecule has 7 nitrogen and oxygen atoms in total. The number of methoxy groups -OCH3 is 1. The van der Waals surface area contributed by atoms with E-state index in [1.165, 1.54) is 47.0 Å². The molecule has 168 valence electrons. The van der Waals surface area contributed by atoms with Crippen molar-refractivity contribution in [1.29, 1.82) is 0 Å². The van der Waals surface area contributed by atoms with Crippen LogP contribution in [-0.2, 0) is 10.0 Å². The van der Waals surface area contributed by atoms with E-state index in [1.807, 2.05) is 35.7 Å². The van der Waals surface area contributed by atoms with Gasteiger partial charge < -0.3 is 4.74 Å². The first kappa shape index (κ1) is 22.5. The molecule has 1 amide bonds. The van der Waals surface area contributed by atoms with Crippen LogP contribution in [0.1, 0.15) is 10.4 Å². The lowest BCUT2D eigenvalue weighted by Crippen LogP contribution is -2.26. The molecule has 0 fully saturated rings. The van der Waals surface area contributed by atoms with Crippen LogP contribution in [0, 0.1) is 0 Å². The average molecular weight is 480 g/mol. The second-order valence-corrected chi connectivity index (χ2v) is 9.88. The Morgan fingerprint density at radius 1 is 0.970 bits per heavy atom. The summed E-state index contributed by atoms with van der Waals surface area (Å²) < 4.78 is 32.2. The molecule has 0 aliphatic rings. The third kappa shape index (κ3) is 4.89. The fourth-order valence-corrected chi connectivity index (χ4v) is 5.02. The lowest BCUT2D eigenvalue weighted by molar-refractivity contribution is 0.102. The van der Waals surface area contributed by atoms with Crippen molar-refractivity contribution in [2.75, 3.05) is 23.8 Å². The highest BCUT2D eigenvalue weighted by Gasteiger charge is 2.21. The van der Waals surface area contributed by atoms with Crippen LogP contribution in [0.5, 0.6) is 5.75 Å². The summed E-state index contributed by atoms with van der Waals surface area (Å²) in [5.41, 5.74) is 2.53. The van der Waals surface area contributed by atoms with Gasteiger partial charge in [0.15, 0.2) is 5.13 Å². The Morgan fingerprint density at radius 3 is 2.27 bits per heavy atom. The Bertz CT molecular complexity index is 1350. The Balaban J connectivity index is 1.46. The average Bonchev–Trinajstić information content (AvgIpc) is 3.32. The van der Waals surface area contributed by atoms with E-state index in [4.69, 9.17) is 4.74 Å². The normalized spacial score (nSPS) is 11.1. The molecule has 3 aromatic carbocycles. The first-order chi connectivity index (χ1) is 15.9. The minimum absolute atomic E-state index is 0.0986. The van der Waals surface area contributed by atoms with Gasteiger partial charge in [-0.1, -0.05) is 18.2 Å². The fourth-order valence-electron chi connectivity index (χ4n) is 3.11. The van der Waals surface area contributed by atoms with Crippen molar-refractivity contribution < 1.29 is 17.9 Å². The summed E-state index contributed by atoms with van der Waals surface area (Å²) in [6.07, 6.45) is 0. The molecule has 33 heavy (non-hydrogen) atoms. The number of sulfonamides is 1. The third-order valence-corrected chi connectivity index (χ3v) is 7.56. The quantitative estimate of drug-likeness (QED) is 0.407. The SMILES string of the molecule is COc1ccc(-c2csc(NC(=O)c3ccc(S(=O)(=O)N(C)c4ccccc4)cc3)n2)cc1. The van der Waals surface area contributed by atoms with Crippen LogP contribution in [-0.4, -0.2) is 33.5 Å². The molecule has 0 saturated heterocycles. The van der Waals surface area contributed by atoms with E-state index >= 15 is 0 Å². The summed E-state index contributed by atoms with van der Waals surface area (Å²) in [7, 11) is -0.643. The molecular weight excluding hydrogens is 458 g/mol. The number of carbonyl (C=O) groups excluding carboxylic acids is 1. The van der Waals surface area contributed by atoms with Gasteiger partial charge in [-0.3, -0.25) is 14.4 Å². The third-order valence-electron chi connectivity index (χ3n) is 5.01. The maximum Gasteiger partial charge on any atom is 0.264 e. The van der Waals surface area contributed by atoms with E-state index in [9.17, 15) is 13.2 Å². The van der Waals surface area contributed by atoms with E-state index in [0.717, 1.165) is 17.0 Å². The van der Waals surface area contributed by atoms with Gasteiger partial charge in [-0.25, -0.2) is 13.4 Å². The number of aromatic nitrogens is 1. The molecule has 4 rings (SSSR count). The van der Waals surface area contributed by atoms with Gasteiger partial charge in [-0.2, -0.15) is 0 Å². The predicted octanol–water partition coefficient (Wildman–Crippen LogP) is 4.90. The summed E-state index contributed by atoms with van der Waals surface area (Å²) in [5, 5.41) is 5.07. The molecule has 0 atom stereocenters. The number of thiazole rings is 1. The lowest BCUT2D eigenvalue weighted by atomic mass is 10.2. The van der Waals surface area contributed by atoms with Gasteiger partial charge >= 0.3 is 0 Å². The summed E-state index contributed by atoms with van der Waals surface area (Å²) in [6.45, 7) is 0. The van der Waals surface area contributed by atoms with Crippen molar-refractivity contribution in [2.24, 2.45) is 0 Å². The number of hydrogen-bond donors (Lipinski definition) is 1. The topological polar surface area (TPSA) is 88.6 Å². The molecule has 0 aliphatic carbocycles. The van der Waals surface area contributed by atoms with Crippen LogP contribution in [0.3, 0.4) is 0 Å². The first-order valence-corrected chi connectivity index (χ1v) is 12.3. The number of anilines is 2. The van der Waals surface area contributed by atoms with Crippen molar-refractivity contribution in [1.82, 2.24) is 4.98 Å². The maximum absolute atomic E-state index is 12.9. The largest absolute Gasteiger partial charge is 0.497 e. The minimum atomic E-state index is -3.74. The summed E-state index contributed by atoms with van der Waals surface area (Å²) in [5.74, 6) is 0.383. The molecule has 1 heterocycles. The zero-order valence-corrected chi connectivity index (χ0v) is 19.6. The summed E-state index contributed by atoms with van der Waals surface area (Å²) in [4.78, 5) is 17.2. The predicted molar refractivity (Wildman–Crippen MR) is 131 cm³/mol. The fraction of sp³-hybridized carbons (Fsp3) is 0.0833. The highest BCUT2D eigenvalue weighted by molar-refractivity contribution is 7.92. The first-order valence-electron chi connectivity index (χ1n) is 9.94. The van der Waals surface area contributed by atoms with Gasteiger partial charge in [0.25, 0.3) is 15.9 Å². The molecule has 0 radical (unpaired) electrons. The molecule has 1 N–H and O–H groups in total. The molecular formula is C24H21N3O4S2. The van der Waals surface area contributed by atoms with E-state index in [0.29, 0.717) is 16.4 Å². The number of carbonyl (C=O) groups is 1. The number of hydrogen-bond acceptors (Lipinski definition) is 6. The Morgan fingerprint density at radius 2 is 1.64 bits per heavy atom. The highest BCUT2D eigenvalue weighted by Crippen LogP contribution is 2.27. The van der Waals surface area contributed by atoms with Crippen LogP contribution in [0.15, 0.2) is 89.1 Å². The van der Waals surface area contributed by atoms with E-state index in [1.54, 1.807) is 31.4 Å². The second-order valence-electron chi connectivity index (χ2n) is 7.05. The molecule has 0 saturated carbocycles. The van der Waals surface area contributed by atoms with E-state index in [2.05, 4.69) is 10.3 Å². The van der Waals surface area contributed by atoms with Crippen molar-refractivity contribution in [3.63, 3.8) is 0 Å². The van der Waals surface area contributed by atoms with Gasteiger partial charge in [-0.05, 0) is 60.7 Å². The van der Waals surface area contributed by atoms with Crippen LogP contribution < -0.4 is 14.4 Å². The number of para-hydroxylation sites is 1. The smallest absolute Gasteiger partial charge is 0.264 e. The Kier molecular flexibility index (Phi) is 6.43. The lowest BCUT2D eigenvalue weighted by Gasteiger charge is -2.19. The molecule has 4 aromatic rings. The summed E-state index contributed by atoms with van der Waals surface area (Å²) >= 11 is 1.31. The molecule has 0 spiro atoms. The number of amides is 1. The monoisotopic (exact) mass is 479 g/mol. The van der Waals surface area contributed by atoms with Crippen molar-refractivity contribution in [3.8, 4) is 17.0 Å². The molecule has 0 aliphatic heterocycles. The second kappa shape index (κ2) is 9.43. The van der Waals surface area contributed by atoms with Gasteiger partial charge in [-0.15, -0.1) is 11.3 Å². The van der Waals surface area contributed by atoms with Crippen LogP contribution in [0.25, 0.3) is 11.3 Å². The van der Waals surface area contributed by atoms with Crippen molar-refractivity contribution >= 4 is 38.1 Å². The summed E-state index contributed by atoms with van der Waals surface area (Å²) in [6, 6.07) is 22.1. The van der Waals surface area contributed by atoms with E-state index in [-0.39, 0.29) is 10.8 Å². The maximum atomic E-state index is 12.9. The number of nitrogens with zero attached hydrogens (tertiary/aromatic N) is 2. The van der Waals surface area contributed by atoms with Crippen molar-refractivity contribution in [3.05, 3.63) is 89.8 Å². The van der Waals surface area contributed by atoms with Gasteiger partial charge in [0.2, 0.25) is 0 Å². The van der Waals surface area contributed by atoms with E-state index < -0.39 is 10.0 Å². The molecule has 0 bridgehead atoms. The number of ether oxygens (including phenoxy) is 1. The van der Waals surface area contributed by atoms with Gasteiger partial charge in [0.1, 0.15) is 5.75 Å². The van der Waals surface area contributed by atoms with Crippen LogP contribution in [0.4, 0.5) is 10.8 Å². The molecule has 9 heteroatoms. The molecule has 0 unspecified atom stereocenters. The Hall–Kier alpha value is -3.69. The minimum Gasteiger partial charge on any atom is -0.497 e. The highest BCUT2D eigenvalue weighted by atomic mass is 32.2. The van der Waals surface area contributed by atoms with Crippen LogP contribution in [0.2, 0.25) is 0 Å². The van der Waals surface area contributed by atoms with Crippen molar-refractivity contribution in [2.45, 2.75) is 4.90 Å². The van der Waals surface area contributed by atoms with Gasteiger partial charge in [0.05, 0.1) is 23.4 Å².